The number of amides is 1. The Kier molecular flexibility index (Phi) is 5.24. The smallest absolute Gasteiger partial charge is 0.335 e. The van der Waals surface area contributed by atoms with Gasteiger partial charge in [-0.15, -0.1) is 0 Å². The molecule has 2 aromatic rings. The monoisotopic (exact) mass is 308 g/mol. The van der Waals surface area contributed by atoms with Gasteiger partial charge < -0.3 is 15.2 Å². The van der Waals surface area contributed by atoms with E-state index in [0.717, 1.165) is 11.1 Å². The number of carboxylic acid groups (broad SMARTS) is 1. The maximum atomic E-state index is 11.7. The molecule has 2 rings (SSSR count). The summed E-state index contributed by atoms with van der Waals surface area (Å²) in [5.41, 5.74) is 0.875. The number of carbonyl (C=O) groups is 2. The molecule has 1 heterocycles. The number of benzene rings is 1. The molecule has 21 heavy (non-hydrogen) atoms. The first kappa shape index (κ1) is 15.4. The van der Waals surface area contributed by atoms with Gasteiger partial charge in [-0.1, -0.05) is 18.3 Å². The first-order valence-corrected chi connectivity index (χ1v) is 7.43. The molecule has 0 radical (unpaired) electrons. The maximum Gasteiger partial charge on any atom is 0.335 e. The third kappa shape index (κ3) is 4.24. The van der Waals surface area contributed by atoms with Crippen LogP contribution in [0.15, 0.2) is 18.2 Å². The number of hydrogen-bond acceptors (Lipinski definition) is 5. The molecule has 112 valence electrons. The van der Waals surface area contributed by atoms with Crippen LogP contribution in [0.2, 0.25) is 0 Å². The molecule has 0 fully saturated rings. The average molecular weight is 308 g/mol. The standard InChI is InChI=1S/C14H16N2O4S/c1-2-6-20-7-5-12(17)16-14-15-10-4-3-9(13(18)19)8-11(10)21-14/h3-4,8H,2,5-7H2,1H3,(H,18,19)(H,15,16,17). The van der Waals surface area contributed by atoms with Crippen molar-refractivity contribution in [3.8, 4) is 0 Å². The number of nitrogens with zero attached hydrogens (tertiary/aromatic N) is 1. The van der Waals surface area contributed by atoms with Crippen LogP contribution in [-0.2, 0) is 9.53 Å². The molecule has 0 saturated carbocycles. The number of aromatic carboxylic acids is 1. The van der Waals surface area contributed by atoms with Gasteiger partial charge in [-0.25, -0.2) is 9.78 Å². The number of carbonyl (C=O) groups excluding carboxylic acids is 1. The summed E-state index contributed by atoms with van der Waals surface area (Å²) in [6, 6.07) is 4.68. The fourth-order valence-electron chi connectivity index (χ4n) is 1.70. The number of rotatable bonds is 7. The fourth-order valence-corrected chi connectivity index (χ4v) is 2.63. The predicted molar refractivity (Wildman–Crippen MR) is 80.9 cm³/mol. The van der Waals surface area contributed by atoms with Crippen molar-refractivity contribution in [2.75, 3.05) is 18.5 Å². The third-order valence-electron chi connectivity index (χ3n) is 2.70. The van der Waals surface area contributed by atoms with Crippen LogP contribution in [-0.4, -0.2) is 35.2 Å². The largest absolute Gasteiger partial charge is 0.478 e. The lowest BCUT2D eigenvalue weighted by molar-refractivity contribution is -0.117. The van der Waals surface area contributed by atoms with E-state index in [0.29, 0.717) is 23.9 Å². The van der Waals surface area contributed by atoms with Gasteiger partial charge in [0.15, 0.2) is 5.13 Å². The van der Waals surface area contributed by atoms with Gasteiger partial charge in [-0.2, -0.15) is 0 Å². The molecule has 0 aliphatic rings. The summed E-state index contributed by atoms with van der Waals surface area (Å²) in [5, 5.41) is 12.1. The Labute approximate surface area is 125 Å². The number of nitrogens with one attached hydrogen (secondary N) is 1. The highest BCUT2D eigenvalue weighted by molar-refractivity contribution is 7.22. The van der Waals surface area contributed by atoms with Crippen LogP contribution in [0.5, 0.6) is 0 Å². The molecule has 0 unspecified atom stereocenters. The van der Waals surface area contributed by atoms with Crippen molar-refractivity contribution in [2.45, 2.75) is 19.8 Å². The van der Waals surface area contributed by atoms with E-state index in [-0.39, 0.29) is 17.9 Å². The summed E-state index contributed by atoms with van der Waals surface area (Å²) in [6.07, 6.45) is 1.20. The molecule has 7 heteroatoms. The SMILES string of the molecule is CCCOCCC(=O)Nc1nc2ccc(C(=O)O)cc2s1. The number of anilines is 1. The van der Waals surface area contributed by atoms with E-state index < -0.39 is 5.97 Å². The van der Waals surface area contributed by atoms with E-state index in [2.05, 4.69) is 10.3 Å². The lowest BCUT2D eigenvalue weighted by Crippen LogP contribution is -2.14. The Bertz CT molecular complexity index is 653. The topological polar surface area (TPSA) is 88.5 Å². The average Bonchev–Trinajstić information content (AvgIpc) is 2.84. The summed E-state index contributed by atoms with van der Waals surface area (Å²) in [5.74, 6) is -1.15. The Hall–Kier alpha value is -1.99. The summed E-state index contributed by atoms with van der Waals surface area (Å²) >= 11 is 1.25. The summed E-state index contributed by atoms with van der Waals surface area (Å²) < 4.78 is 5.98. The number of carboxylic acids is 1. The van der Waals surface area contributed by atoms with Crippen LogP contribution in [0.4, 0.5) is 5.13 Å². The van der Waals surface area contributed by atoms with Crippen molar-refractivity contribution in [2.24, 2.45) is 0 Å². The lowest BCUT2D eigenvalue weighted by Gasteiger charge is -2.02. The molecule has 0 spiro atoms. The van der Waals surface area contributed by atoms with Gasteiger partial charge in [0.2, 0.25) is 5.91 Å². The van der Waals surface area contributed by atoms with Crippen molar-refractivity contribution in [3.05, 3.63) is 23.8 Å². The maximum absolute atomic E-state index is 11.7. The molecule has 0 atom stereocenters. The van der Waals surface area contributed by atoms with E-state index in [9.17, 15) is 9.59 Å². The molecule has 1 aromatic heterocycles. The van der Waals surface area contributed by atoms with Crippen LogP contribution < -0.4 is 5.32 Å². The predicted octanol–water partition coefficient (Wildman–Crippen LogP) is 2.75. The minimum Gasteiger partial charge on any atom is -0.478 e. The fraction of sp³-hybridized carbons (Fsp3) is 0.357. The van der Waals surface area contributed by atoms with Gasteiger partial charge in [-0.3, -0.25) is 4.79 Å². The summed E-state index contributed by atoms with van der Waals surface area (Å²) in [7, 11) is 0. The van der Waals surface area contributed by atoms with E-state index in [1.165, 1.54) is 17.4 Å². The Morgan fingerprint density at radius 2 is 2.19 bits per heavy atom. The molecule has 1 aromatic carbocycles. The molecule has 0 saturated heterocycles. The lowest BCUT2D eigenvalue weighted by atomic mass is 10.2. The van der Waals surface area contributed by atoms with Crippen LogP contribution in [0.1, 0.15) is 30.1 Å². The molecule has 6 nitrogen and oxygen atoms in total. The van der Waals surface area contributed by atoms with E-state index in [1.54, 1.807) is 12.1 Å². The molecule has 0 aliphatic carbocycles. The minimum absolute atomic E-state index is 0.163. The van der Waals surface area contributed by atoms with Crippen LogP contribution in [0.25, 0.3) is 10.2 Å². The van der Waals surface area contributed by atoms with Gasteiger partial charge in [0, 0.05) is 6.61 Å². The molecule has 1 amide bonds. The Morgan fingerprint density at radius 1 is 1.38 bits per heavy atom. The van der Waals surface area contributed by atoms with Gasteiger partial charge in [0.05, 0.1) is 28.8 Å². The second-order valence-corrected chi connectivity index (χ2v) is 5.45. The third-order valence-corrected chi connectivity index (χ3v) is 3.64. The zero-order valence-corrected chi connectivity index (χ0v) is 12.4. The van der Waals surface area contributed by atoms with Crippen molar-refractivity contribution < 1.29 is 19.4 Å². The van der Waals surface area contributed by atoms with E-state index in [4.69, 9.17) is 9.84 Å². The number of ether oxygens (including phenoxy) is 1. The second kappa shape index (κ2) is 7.14. The quantitative estimate of drug-likeness (QED) is 0.768. The zero-order valence-electron chi connectivity index (χ0n) is 11.6. The first-order valence-electron chi connectivity index (χ1n) is 6.61. The van der Waals surface area contributed by atoms with Crippen molar-refractivity contribution in [1.29, 1.82) is 0 Å². The van der Waals surface area contributed by atoms with Gasteiger partial charge in [0.25, 0.3) is 0 Å². The number of thiazole rings is 1. The van der Waals surface area contributed by atoms with Gasteiger partial charge >= 0.3 is 5.97 Å². The molecule has 0 bridgehead atoms. The molecule has 2 N–H and O–H groups in total. The van der Waals surface area contributed by atoms with Gasteiger partial charge in [0.1, 0.15) is 0 Å². The summed E-state index contributed by atoms with van der Waals surface area (Å²) in [4.78, 5) is 26.9. The van der Waals surface area contributed by atoms with Crippen molar-refractivity contribution >= 4 is 38.6 Å². The highest BCUT2D eigenvalue weighted by Gasteiger charge is 2.10. The molecular weight excluding hydrogens is 292 g/mol. The Balaban J connectivity index is 1.99. The first-order chi connectivity index (χ1) is 10.1. The van der Waals surface area contributed by atoms with Crippen LogP contribution in [0, 0.1) is 0 Å². The zero-order chi connectivity index (χ0) is 15.2. The van der Waals surface area contributed by atoms with Crippen LogP contribution in [0.3, 0.4) is 0 Å². The van der Waals surface area contributed by atoms with Gasteiger partial charge in [-0.05, 0) is 24.6 Å². The normalized spacial score (nSPS) is 10.7. The van der Waals surface area contributed by atoms with Crippen molar-refractivity contribution in [1.82, 2.24) is 4.98 Å². The highest BCUT2D eigenvalue weighted by Crippen LogP contribution is 2.26. The highest BCUT2D eigenvalue weighted by atomic mass is 32.1. The minimum atomic E-state index is -0.982. The Morgan fingerprint density at radius 3 is 2.90 bits per heavy atom. The van der Waals surface area contributed by atoms with Crippen LogP contribution >= 0.6 is 11.3 Å². The number of hydrogen-bond donors (Lipinski definition) is 2. The summed E-state index contributed by atoms with van der Waals surface area (Å²) in [6.45, 7) is 3.03. The molecular formula is C14H16N2O4S. The van der Waals surface area contributed by atoms with E-state index >= 15 is 0 Å². The second-order valence-electron chi connectivity index (χ2n) is 4.42. The molecule has 0 aliphatic heterocycles. The number of fused-ring (bicyclic) bond motifs is 1. The number of aromatic nitrogens is 1. The van der Waals surface area contributed by atoms with E-state index in [1.807, 2.05) is 6.92 Å². The van der Waals surface area contributed by atoms with Crippen molar-refractivity contribution in [3.63, 3.8) is 0 Å².